The molecule has 21 heavy (non-hydrogen) atoms. The Morgan fingerprint density at radius 2 is 1.95 bits per heavy atom. The number of ether oxygens (including phenoxy) is 1. The summed E-state index contributed by atoms with van der Waals surface area (Å²) >= 11 is 3.15. The zero-order valence-electron chi connectivity index (χ0n) is 11.0. The Hall–Kier alpha value is -1.56. The first-order valence-electron chi connectivity index (χ1n) is 6.28. The van der Waals surface area contributed by atoms with Gasteiger partial charge in [-0.1, -0.05) is 28.1 Å². The number of hydrogen-bond acceptors (Lipinski definition) is 2. The largest absolute Gasteiger partial charge is 0.493 e. The first-order chi connectivity index (χ1) is 10.0. The average Bonchev–Trinajstić information content (AvgIpc) is 2.47. The van der Waals surface area contributed by atoms with Gasteiger partial charge in [0.1, 0.15) is 5.75 Å². The lowest BCUT2D eigenvalue weighted by atomic mass is 10.1. The minimum atomic E-state index is -4.43. The highest BCUT2D eigenvalue weighted by Gasteiger charge is 2.34. The summed E-state index contributed by atoms with van der Waals surface area (Å²) in [6, 6.07) is 7.72. The van der Waals surface area contributed by atoms with E-state index in [0.29, 0.717) is 17.3 Å². The van der Waals surface area contributed by atoms with Gasteiger partial charge in [-0.15, -0.1) is 0 Å². The van der Waals surface area contributed by atoms with Gasteiger partial charge in [-0.2, -0.15) is 13.2 Å². The molecule has 0 radical (unpaired) electrons. The minimum absolute atomic E-state index is 0.143. The van der Waals surface area contributed by atoms with Crippen molar-refractivity contribution in [1.29, 1.82) is 0 Å². The number of rotatable bonds is 5. The molecule has 112 valence electrons. The van der Waals surface area contributed by atoms with Crippen LogP contribution in [0.5, 0.6) is 5.75 Å². The fraction of sp³-hybridized carbons (Fsp3) is 0.267. The first kappa shape index (κ1) is 15.8. The van der Waals surface area contributed by atoms with Gasteiger partial charge in [-0.3, -0.25) is 4.98 Å². The maximum absolute atomic E-state index is 13.0. The minimum Gasteiger partial charge on any atom is -0.493 e. The second kappa shape index (κ2) is 6.93. The van der Waals surface area contributed by atoms with Crippen molar-refractivity contribution in [1.82, 2.24) is 4.98 Å². The summed E-state index contributed by atoms with van der Waals surface area (Å²) in [5.74, 6) is -0.143. The third kappa shape index (κ3) is 4.46. The van der Waals surface area contributed by atoms with E-state index in [1.165, 1.54) is 6.07 Å². The number of hydrogen-bond donors (Lipinski definition) is 0. The lowest BCUT2D eigenvalue weighted by Crippen LogP contribution is -2.11. The molecule has 2 rings (SSSR count). The molecule has 0 N–H and O–H groups in total. The molecule has 0 aliphatic heterocycles. The van der Waals surface area contributed by atoms with Gasteiger partial charge in [0.25, 0.3) is 0 Å². The lowest BCUT2D eigenvalue weighted by molar-refractivity contribution is -0.139. The topological polar surface area (TPSA) is 22.1 Å². The number of nitrogens with zero attached hydrogens (tertiary/aromatic N) is 1. The fourth-order valence-corrected chi connectivity index (χ4v) is 2.18. The van der Waals surface area contributed by atoms with Gasteiger partial charge >= 0.3 is 6.18 Å². The zero-order chi connectivity index (χ0) is 15.3. The molecule has 0 aliphatic carbocycles. The summed E-state index contributed by atoms with van der Waals surface area (Å²) in [5.41, 5.74) is 0.732. The molecule has 0 fully saturated rings. The molecule has 2 aromatic rings. The molecule has 1 heterocycles. The summed E-state index contributed by atoms with van der Waals surface area (Å²) in [7, 11) is 0. The number of alkyl halides is 4. The molecule has 0 unspecified atom stereocenters. The number of benzene rings is 1. The molecule has 0 spiro atoms. The fourth-order valence-electron chi connectivity index (χ4n) is 1.83. The summed E-state index contributed by atoms with van der Waals surface area (Å²) in [5, 5.41) is 0.367. The predicted octanol–water partition coefficient (Wildman–Crippen LogP) is 4.62. The molecular weight excluding hydrogens is 347 g/mol. The van der Waals surface area contributed by atoms with Crippen molar-refractivity contribution in [3.63, 3.8) is 0 Å². The second-order valence-corrected chi connectivity index (χ2v) is 4.98. The van der Waals surface area contributed by atoms with E-state index in [1.54, 1.807) is 24.5 Å². The van der Waals surface area contributed by atoms with Crippen LogP contribution in [0.4, 0.5) is 13.2 Å². The van der Waals surface area contributed by atoms with Crippen LogP contribution in [0.2, 0.25) is 0 Å². The Bertz CT molecular complexity index is 587. The van der Waals surface area contributed by atoms with Gasteiger partial charge in [0.2, 0.25) is 0 Å². The number of halogens is 4. The van der Waals surface area contributed by atoms with Crippen LogP contribution >= 0.6 is 15.9 Å². The van der Waals surface area contributed by atoms with Gasteiger partial charge in [0.15, 0.2) is 0 Å². The average molecular weight is 360 g/mol. The van der Waals surface area contributed by atoms with Crippen molar-refractivity contribution in [3.8, 4) is 5.75 Å². The van der Waals surface area contributed by atoms with Crippen LogP contribution in [0.1, 0.15) is 16.7 Å². The van der Waals surface area contributed by atoms with Gasteiger partial charge in [0.05, 0.1) is 12.2 Å². The van der Waals surface area contributed by atoms with E-state index in [1.807, 2.05) is 6.07 Å². The maximum Gasteiger partial charge on any atom is 0.419 e. The monoisotopic (exact) mass is 359 g/mol. The van der Waals surface area contributed by atoms with Crippen LogP contribution in [0.15, 0.2) is 42.7 Å². The smallest absolute Gasteiger partial charge is 0.419 e. The molecule has 0 saturated carbocycles. The molecule has 0 saturated heterocycles. The van der Waals surface area contributed by atoms with Gasteiger partial charge in [-0.05, 0) is 29.3 Å². The van der Waals surface area contributed by atoms with E-state index >= 15 is 0 Å². The Kier molecular flexibility index (Phi) is 5.22. The molecule has 0 bridgehead atoms. The van der Waals surface area contributed by atoms with Crippen LogP contribution < -0.4 is 4.74 Å². The third-order valence-electron chi connectivity index (χ3n) is 2.87. The first-order valence-corrected chi connectivity index (χ1v) is 7.40. The SMILES string of the molecule is FC(F)(F)c1cc(CBr)ccc1OCCc1cccnc1. The van der Waals surface area contributed by atoms with Crippen molar-refractivity contribution in [2.24, 2.45) is 0 Å². The van der Waals surface area contributed by atoms with Crippen molar-refractivity contribution < 1.29 is 17.9 Å². The van der Waals surface area contributed by atoms with E-state index in [-0.39, 0.29) is 12.4 Å². The lowest BCUT2D eigenvalue weighted by Gasteiger charge is -2.15. The summed E-state index contributed by atoms with van der Waals surface area (Å²) in [6.45, 7) is 0.169. The van der Waals surface area contributed by atoms with Gasteiger partial charge in [-0.25, -0.2) is 0 Å². The van der Waals surface area contributed by atoms with E-state index in [0.717, 1.165) is 11.6 Å². The molecule has 2 nitrogen and oxygen atoms in total. The highest BCUT2D eigenvalue weighted by molar-refractivity contribution is 9.08. The van der Waals surface area contributed by atoms with Gasteiger partial charge < -0.3 is 4.74 Å². The Morgan fingerprint density at radius 1 is 1.14 bits per heavy atom. The quantitative estimate of drug-likeness (QED) is 0.726. The second-order valence-electron chi connectivity index (χ2n) is 4.42. The molecule has 0 atom stereocenters. The summed E-state index contributed by atoms with van der Waals surface area (Å²) < 4.78 is 44.3. The molecular formula is C15H13BrF3NO. The van der Waals surface area contributed by atoms with Crippen LogP contribution in [0.3, 0.4) is 0 Å². The Morgan fingerprint density at radius 3 is 2.57 bits per heavy atom. The van der Waals surface area contributed by atoms with Crippen molar-refractivity contribution in [2.75, 3.05) is 6.61 Å². The molecule has 0 amide bonds. The number of pyridine rings is 1. The normalized spacial score (nSPS) is 11.4. The molecule has 1 aromatic carbocycles. The van der Waals surface area contributed by atoms with Crippen molar-refractivity contribution in [2.45, 2.75) is 17.9 Å². The van der Waals surface area contributed by atoms with Crippen LogP contribution in [0, 0.1) is 0 Å². The number of aromatic nitrogens is 1. The standard InChI is InChI=1S/C15H13BrF3NO/c16-9-12-3-4-14(13(8-12)15(17,18)19)21-7-5-11-2-1-6-20-10-11/h1-4,6,8,10H,5,7,9H2. The van der Waals surface area contributed by atoms with Crippen molar-refractivity contribution in [3.05, 3.63) is 59.4 Å². The molecule has 1 aromatic heterocycles. The van der Waals surface area contributed by atoms with Crippen LogP contribution in [-0.4, -0.2) is 11.6 Å². The molecule has 0 aliphatic rings. The Labute approximate surface area is 129 Å². The van der Waals surface area contributed by atoms with E-state index in [9.17, 15) is 13.2 Å². The maximum atomic E-state index is 13.0. The molecule has 6 heteroatoms. The third-order valence-corrected chi connectivity index (χ3v) is 3.52. The predicted molar refractivity (Wildman–Crippen MR) is 77.5 cm³/mol. The van der Waals surface area contributed by atoms with E-state index < -0.39 is 11.7 Å². The summed E-state index contributed by atoms with van der Waals surface area (Å²) in [6.07, 6.45) is -0.611. The van der Waals surface area contributed by atoms with E-state index in [2.05, 4.69) is 20.9 Å². The summed E-state index contributed by atoms with van der Waals surface area (Å²) in [4.78, 5) is 3.95. The highest BCUT2D eigenvalue weighted by atomic mass is 79.9. The van der Waals surface area contributed by atoms with E-state index in [4.69, 9.17) is 4.74 Å². The zero-order valence-corrected chi connectivity index (χ0v) is 12.6. The van der Waals surface area contributed by atoms with Crippen LogP contribution in [0.25, 0.3) is 0 Å². The highest BCUT2D eigenvalue weighted by Crippen LogP contribution is 2.37. The van der Waals surface area contributed by atoms with Crippen LogP contribution in [-0.2, 0) is 17.9 Å². The Balaban J connectivity index is 2.09. The van der Waals surface area contributed by atoms with Crippen molar-refractivity contribution >= 4 is 15.9 Å². The van der Waals surface area contributed by atoms with Gasteiger partial charge in [0, 0.05) is 24.1 Å².